The zero-order valence-corrected chi connectivity index (χ0v) is 7.70. The van der Waals surface area contributed by atoms with Gasteiger partial charge < -0.3 is 4.74 Å². The van der Waals surface area contributed by atoms with Crippen LogP contribution in [-0.2, 0) is 0 Å². The number of rotatable bonds is 2. The summed E-state index contributed by atoms with van der Waals surface area (Å²) >= 11 is 0. The Balaban J connectivity index is 1.90. The smallest absolute Gasteiger partial charge is 0.150 e. The van der Waals surface area contributed by atoms with Crippen LogP contribution < -0.4 is 10.1 Å². The van der Waals surface area contributed by atoms with E-state index in [0.717, 1.165) is 18.7 Å². The van der Waals surface area contributed by atoms with Crippen LogP contribution in [0, 0.1) is 0 Å². The Morgan fingerprint density at radius 2 is 2.00 bits per heavy atom. The van der Waals surface area contributed by atoms with Crippen LogP contribution in [0.1, 0.15) is 19.3 Å². The lowest BCUT2D eigenvalue weighted by molar-refractivity contribution is 0.132. The first kappa shape index (κ1) is 8.57. The molecule has 1 unspecified atom stereocenters. The van der Waals surface area contributed by atoms with Crippen LogP contribution in [-0.4, -0.2) is 12.8 Å². The zero-order chi connectivity index (χ0) is 8.93. The van der Waals surface area contributed by atoms with Gasteiger partial charge in [0, 0.05) is 0 Å². The van der Waals surface area contributed by atoms with Crippen LogP contribution in [0.4, 0.5) is 0 Å². The first-order chi connectivity index (χ1) is 6.45. The Bertz CT molecular complexity index is 242. The maximum Gasteiger partial charge on any atom is 0.150 e. The summed E-state index contributed by atoms with van der Waals surface area (Å²) in [6, 6.07) is 9.99. The third-order valence-corrected chi connectivity index (χ3v) is 2.29. The fourth-order valence-corrected chi connectivity index (χ4v) is 1.58. The lowest BCUT2D eigenvalue weighted by Gasteiger charge is -2.24. The molecule has 0 amide bonds. The van der Waals surface area contributed by atoms with E-state index < -0.39 is 0 Å². The average Bonchev–Trinajstić information content (AvgIpc) is 2.21. The van der Waals surface area contributed by atoms with Gasteiger partial charge in [0.15, 0.2) is 0 Å². The minimum absolute atomic E-state index is 0.219. The van der Waals surface area contributed by atoms with Crippen LogP contribution in [0.5, 0.6) is 5.75 Å². The highest BCUT2D eigenvalue weighted by Crippen LogP contribution is 2.14. The molecule has 1 aliphatic heterocycles. The number of piperidine rings is 1. The van der Waals surface area contributed by atoms with E-state index in [0.29, 0.717) is 0 Å². The second kappa shape index (κ2) is 4.28. The van der Waals surface area contributed by atoms with E-state index in [1.54, 1.807) is 0 Å². The summed E-state index contributed by atoms with van der Waals surface area (Å²) in [6.45, 7) is 1.08. The maximum atomic E-state index is 5.74. The molecule has 1 heterocycles. The normalized spacial score (nSPS) is 22.6. The molecule has 1 saturated heterocycles. The fourth-order valence-electron chi connectivity index (χ4n) is 1.58. The Kier molecular flexibility index (Phi) is 2.82. The quantitative estimate of drug-likeness (QED) is 0.747. The molecular weight excluding hydrogens is 162 g/mol. The molecule has 1 aromatic carbocycles. The molecule has 1 atom stereocenters. The average molecular weight is 177 g/mol. The lowest BCUT2D eigenvalue weighted by atomic mass is 10.1. The SMILES string of the molecule is c1ccc(OC2CCCCN2)cc1. The summed E-state index contributed by atoms with van der Waals surface area (Å²) in [5.74, 6) is 0.960. The Labute approximate surface area is 78.9 Å². The highest BCUT2D eigenvalue weighted by atomic mass is 16.5. The molecule has 1 N–H and O–H groups in total. The van der Waals surface area contributed by atoms with Gasteiger partial charge in [0.05, 0.1) is 0 Å². The first-order valence-electron chi connectivity index (χ1n) is 4.90. The highest BCUT2D eigenvalue weighted by molar-refractivity contribution is 5.21. The predicted octanol–water partition coefficient (Wildman–Crippen LogP) is 2.17. The van der Waals surface area contributed by atoms with Crippen LogP contribution in [0.2, 0.25) is 0 Å². The van der Waals surface area contributed by atoms with Crippen molar-refractivity contribution in [3.8, 4) is 5.75 Å². The van der Waals surface area contributed by atoms with Gasteiger partial charge >= 0.3 is 0 Å². The summed E-state index contributed by atoms with van der Waals surface area (Å²) in [5.41, 5.74) is 0. The Hall–Kier alpha value is -1.02. The van der Waals surface area contributed by atoms with E-state index >= 15 is 0 Å². The molecule has 0 spiro atoms. The van der Waals surface area contributed by atoms with Gasteiger partial charge in [-0.05, 0) is 37.9 Å². The number of benzene rings is 1. The van der Waals surface area contributed by atoms with Crippen molar-refractivity contribution in [2.24, 2.45) is 0 Å². The lowest BCUT2D eigenvalue weighted by Crippen LogP contribution is -2.38. The number of ether oxygens (including phenoxy) is 1. The van der Waals surface area contributed by atoms with Gasteiger partial charge in [0.25, 0.3) is 0 Å². The second-order valence-electron chi connectivity index (χ2n) is 3.37. The molecule has 2 rings (SSSR count). The van der Waals surface area contributed by atoms with E-state index in [4.69, 9.17) is 4.74 Å². The van der Waals surface area contributed by atoms with Crippen molar-refractivity contribution >= 4 is 0 Å². The van der Waals surface area contributed by atoms with Crippen molar-refractivity contribution in [2.45, 2.75) is 25.5 Å². The van der Waals surface area contributed by atoms with Gasteiger partial charge in [-0.3, -0.25) is 5.32 Å². The third kappa shape index (κ3) is 2.46. The van der Waals surface area contributed by atoms with Gasteiger partial charge in [0.1, 0.15) is 12.0 Å². The van der Waals surface area contributed by atoms with Crippen LogP contribution in [0.3, 0.4) is 0 Å². The topological polar surface area (TPSA) is 21.3 Å². The van der Waals surface area contributed by atoms with Gasteiger partial charge in [0.2, 0.25) is 0 Å². The highest BCUT2D eigenvalue weighted by Gasteiger charge is 2.12. The summed E-state index contributed by atoms with van der Waals surface area (Å²) in [4.78, 5) is 0. The van der Waals surface area contributed by atoms with Gasteiger partial charge in [-0.25, -0.2) is 0 Å². The number of hydrogen-bond donors (Lipinski definition) is 1. The van der Waals surface area contributed by atoms with Crippen LogP contribution >= 0.6 is 0 Å². The molecule has 1 aromatic rings. The molecule has 0 saturated carbocycles. The maximum absolute atomic E-state index is 5.74. The summed E-state index contributed by atoms with van der Waals surface area (Å²) in [7, 11) is 0. The van der Waals surface area contributed by atoms with Gasteiger partial charge in [-0.15, -0.1) is 0 Å². The van der Waals surface area contributed by atoms with Crippen molar-refractivity contribution in [3.05, 3.63) is 30.3 Å². The van der Waals surface area contributed by atoms with E-state index in [2.05, 4.69) is 5.32 Å². The Morgan fingerprint density at radius 1 is 1.15 bits per heavy atom. The van der Waals surface area contributed by atoms with E-state index in [-0.39, 0.29) is 6.23 Å². The monoisotopic (exact) mass is 177 g/mol. The summed E-state index contributed by atoms with van der Waals surface area (Å²) < 4.78 is 5.74. The molecule has 0 bridgehead atoms. The molecule has 0 radical (unpaired) electrons. The van der Waals surface area contributed by atoms with Crippen molar-refractivity contribution < 1.29 is 4.74 Å². The standard InChI is InChI=1S/C11H15NO/c1-2-6-10(7-3-1)13-11-8-4-5-9-12-11/h1-3,6-7,11-12H,4-5,8-9H2. The second-order valence-corrected chi connectivity index (χ2v) is 3.37. The van der Waals surface area contributed by atoms with E-state index in [9.17, 15) is 0 Å². The molecule has 2 nitrogen and oxygen atoms in total. The largest absolute Gasteiger partial charge is 0.475 e. The minimum atomic E-state index is 0.219. The molecule has 2 heteroatoms. The fraction of sp³-hybridized carbons (Fsp3) is 0.455. The van der Waals surface area contributed by atoms with Gasteiger partial charge in [-0.1, -0.05) is 18.2 Å². The first-order valence-corrected chi connectivity index (χ1v) is 4.90. The number of hydrogen-bond acceptors (Lipinski definition) is 2. The molecule has 1 aliphatic rings. The zero-order valence-electron chi connectivity index (χ0n) is 7.70. The van der Waals surface area contributed by atoms with Gasteiger partial charge in [-0.2, -0.15) is 0 Å². The van der Waals surface area contributed by atoms with E-state index in [1.807, 2.05) is 30.3 Å². The minimum Gasteiger partial charge on any atom is -0.475 e. The Morgan fingerprint density at radius 3 is 2.69 bits per heavy atom. The molecule has 13 heavy (non-hydrogen) atoms. The predicted molar refractivity (Wildman–Crippen MR) is 52.7 cm³/mol. The van der Waals surface area contributed by atoms with Crippen LogP contribution in [0.25, 0.3) is 0 Å². The molecular formula is C11H15NO. The summed E-state index contributed by atoms with van der Waals surface area (Å²) in [6.07, 6.45) is 3.88. The molecule has 0 aromatic heterocycles. The molecule has 1 fully saturated rings. The van der Waals surface area contributed by atoms with Crippen molar-refractivity contribution in [3.63, 3.8) is 0 Å². The van der Waals surface area contributed by atoms with Crippen molar-refractivity contribution in [2.75, 3.05) is 6.54 Å². The summed E-state index contributed by atoms with van der Waals surface area (Å²) in [5, 5.41) is 3.35. The van der Waals surface area contributed by atoms with Crippen LogP contribution in [0.15, 0.2) is 30.3 Å². The number of nitrogens with one attached hydrogen (secondary N) is 1. The van der Waals surface area contributed by atoms with E-state index in [1.165, 1.54) is 12.8 Å². The van der Waals surface area contributed by atoms with Crippen molar-refractivity contribution in [1.29, 1.82) is 0 Å². The molecule has 0 aliphatic carbocycles. The van der Waals surface area contributed by atoms with Crippen molar-refractivity contribution in [1.82, 2.24) is 5.32 Å². The number of para-hydroxylation sites is 1. The third-order valence-electron chi connectivity index (χ3n) is 2.29. The molecule has 70 valence electrons.